The fourth-order valence-corrected chi connectivity index (χ4v) is 2.15. The predicted octanol–water partition coefficient (Wildman–Crippen LogP) is 2.89. The van der Waals surface area contributed by atoms with Crippen molar-refractivity contribution in [1.29, 1.82) is 0 Å². The third-order valence-corrected chi connectivity index (χ3v) is 3.24. The highest BCUT2D eigenvalue weighted by atomic mass is 35.5. The van der Waals surface area contributed by atoms with Crippen LogP contribution in [0.2, 0.25) is 5.02 Å². The Morgan fingerprint density at radius 2 is 2.07 bits per heavy atom. The van der Waals surface area contributed by atoms with Crippen molar-refractivity contribution in [1.82, 2.24) is 0 Å². The first-order chi connectivity index (χ1) is 6.54. The van der Waals surface area contributed by atoms with Crippen LogP contribution in [0.25, 0.3) is 0 Å². The molecule has 1 aromatic rings. The maximum atomic E-state index is 13.1. The molecule has 1 unspecified atom stereocenters. The van der Waals surface area contributed by atoms with Crippen molar-refractivity contribution in [3.8, 4) is 0 Å². The van der Waals surface area contributed by atoms with Gasteiger partial charge in [0.25, 0.3) is 0 Å². The van der Waals surface area contributed by atoms with Crippen molar-refractivity contribution in [2.75, 3.05) is 0 Å². The Hall–Kier alpha value is -0.600. The highest BCUT2D eigenvalue weighted by Gasteiger charge is 2.48. The van der Waals surface area contributed by atoms with Gasteiger partial charge in [0.1, 0.15) is 5.82 Å². The summed E-state index contributed by atoms with van der Waals surface area (Å²) in [4.78, 5) is 0. The maximum absolute atomic E-state index is 13.1. The second-order valence-electron chi connectivity index (χ2n) is 3.99. The summed E-state index contributed by atoms with van der Waals surface area (Å²) in [5, 5.41) is 10.0. The topological polar surface area (TPSA) is 20.2 Å². The maximum Gasteiger partial charge on any atom is 0.124 e. The lowest BCUT2D eigenvalue weighted by atomic mass is 9.91. The fraction of sp³-hybridized carbons (Fsp3) is 0.455. The van der Waals surface area contributed by atoms with Crippen molar-refractivity contribution in [2.24, 2.45) is 0 Å². The molecule has 1 N–H and O–H groups in total. The summed E-state index contributed by atoms with van der Waals surface area (Å²) >= 11 is 5.77. The minimum Gasteiger partial charge on any atom is -0.392 e. The molecule has 1 aromatic carbocycles. The molecule has 1 aliphatic carbocycles. The summed E-state index contributed by atoms with van der Waals surface area (Å²) in [6, 6.07) is 4.49. The van der Waals surface area contributed by atoms with Crippen LogP contribution in [-0.4, -0.2) is 11.2 Å². The van der Waals surface area contributed by atoms with Crippen LogP contribution >= 0.6 is 11.6 Å². The molecule has 0 amide bonds. The van der Waals surface area contributed by atoms with Gasteiger partial charge in [-0.2, -0.15) is 0 Å². The molecule has 1 nitrogen and oxygen atoms in total. The van der Waals surface area contributed by atoms with Crippen LogP contribution in [-0.2, 0) is 5.41 Å². The zero-order valence-electron chi connectivity index (χ0n) is 7.93. The van der Waals surface area contributed by atoms with E-state index in [1.165, 1.54) is 12.1 Å². The van der Waals surface area contributed by atoms with Crippen LogP contribution < -0.4 is 0 Å². The highest BCUT2D eigenvalue weighted by molar-refractivity contribution is 6.30. The first-order valence-corrected chi connectivity index (χ1v) is 5.07. The number of rotatable bonds is 2. The molecule has 0 spiro atoms. The Kier molecular flexibility index (Phi) is 2.28. The minimum atomic E-state index is -0.444. The molecule has 1 fully saturated rings. The molecule has 0 bridgehead atoms. The van der Waals surface area contributed by atoms with Gasteiger partial charge >= 0.3 is 0 Å². The van der Waals surface area contributed by atoms with Crippen LogP contribution in [0, 0.1) is 5.82 Å². The van der Waals surface area contributed by atoms with E-state index in [9.17, 15) is 9.50 Å². The van der Waals surface area contributed by atoms with Crippen molar-refractivity contribution in [3.63, 3.8) is 0 Å². The molecule has 0 saturated heterocycles. The van der Waals surface area contributed by atoms with Crippen LogP contribution in [0.15, 0.2) is 18.2 Å². The highest BCUT2D eigenvalue weighted by Crippen LogP contribution is 2.51. The van der Waals surface area contributed by atoms with E-state index in [-0.39, 0.29) is 11.2 Å². The number of aliphatic hydroxyl groups is 1. The second kappa shape index (κ2) is 3.21. The quantitative estimate of drug-likeness (QED) is 0.803. The monoisotopic (exact) mass is 214 g/mol. The first kappa shape index (κ1) is 9.94. The Morgan fingerprint density at radius 3 is 2.50 bits per heavy atom. The zero-order valence-corrected chi connectivity index (χ0v) is 8.68. The van der Waals surface area contributed by atoms with Gasteiger partial charge in [-0.3, -0.25) is 0 Å². The number of hydrogen-bond donors (Lipinski definition) is 1. The summed E-state index contributed by atoms with van der Waals surface area (Å²) in [7, 11) is 0. The lowest BCUT2D eigenvalue weighted by molar-refractivity contribution is 0.150. The molecule has 1 saturated carbocycles. The van der Waals surface area contributed by atoms with Crippen molar-refractivity contribution in [3.05, 3.63) is 34.6 Å². The van der Waals surface area contributed by atoms with Crippen molar-refractivity contribution < 1.29 is 9.50 Å². The van der Waals surface area contributed by atoms with Crippen molar-refractivity contribution >= 4 is 11.6 Å². The number of hydrogen-bond acceptors (Lipinski definition) is 1. The number of benzene rings is 1. The van der Waals surface area contributed by atoms with Gasteiger partial charge in [0.2, 0.25) is 0 Å². The van der Waals surface area contributed by atoms with Crippen molar-refractivity contribution in [2.45, 2.75) is 31.3 Å². The van der Waals surface area contributed by atoms with E-state index in [0.29, 0.717) is 5.02 Å². The van der Waals surface area contributed by atoms with Gasteiger partial charge in [0, 0.05) is 10.4 Å². The molecule has 0 aromatic heterocycles. The first-order valence-electron chi connectivity index (χ1n) is 4.69. The SMILES string of the molecule is CC(O)C1(c2cc(F)cc(Cl)c2)CC1. The van der Waals surface area contributed by atoms with Gasteiger partial charge < -0.3 is 5.11 Å². The standard InChI is InChI=1S/C11H12ClFO/c1-7(14)11(2-3-11)8-4-9(12)6-10(13)5-8/h4-7,14H,2-3H2,1H3. The molecule has 14 heavy (non-hydrogen) atoms. The Morgan fingerprint density at radius 1 is 1.43 bits per heavy atom. The Labute approximate surface area is 87.5 Å². The molecule has 76 valence electrons. The normalized spacial score (nSPS) is 20.6. The van der Waals surface area contributed by atoms with E-state index in [1.807, 2.05) is 0 Å². The van der Waals surface area contributed by atoms with Gasteiger partial charge in [-0.25, -0.2) is 4.39 Å². The molecule has 2 rings (SSSR count). The van der Waals surface area contributed by atoms with Gasteiger partial charge in [-0.05, 0) is 43.5 Å². The third-order valence-electron chi connectivity index (χ3n) is 3.03. The second-order valence-corrected chi connectivity index (χ2v) is 4.43. The van der Waals surface area contributed by atoms with E-state index in [4.69, 9.17) is 11.6 Å². The van der Waals surface area contributed by atoms with Crippen LogP contribution in [0.1, 0.15) is 25.3 Å². The lowest BCUT2D eigenvalue weighted by Gasteiger charge is -2.19. The van der Waals surface area contributed by atoms with E-state index < -0.39 is 6.10 Å². The summed E-state index contributed by atoms with van der Waals surface area (Å²) in [5.41, 5.74) is 0.573. The number of aliphatic hydroxyl groups excluding tert-OH is 1. The minimum absolute atomic E-state index is 0.244. The number of halogens is 2. The van der Waals surface area contributed by atoms with Gasteiger partial charge in [-0.1, -0.05) is 11.6 Å². The van der Waals surface area contributed by atoms with E-state index in [2.05, 4.69) is 0 Å². The molecular formula is C11H12ClFO. The average Bonchev–Trinajstić information content (AvgIpc) is 2.81. The molecular weight excluding hydrogens is 203 g/mol. The van der Waals surface area contributed by atoms with Gasteiger partial charge in [0.05, 0.1) is 6.10 Å². The molecule has 0 aliphatic heterocycles. The van der Waals surface area contributed by atoms with E-state index in [1.54, 1.807) is 13.0 Å². The molecule has 0 heterocycles. The average molecular weight is 215 g/mol. The lowest BCUT2D eigenvalue weighted by Crippen LogP contribution is -2.22. The summed E-state index contributed by atoms with van der Waals surface area (Å²) in [6.45, 7) is 1.74. The van der Waals surface area contributed by atoms with E-state index in [0.717, 1.165) is 18.4 Å². The molecule has 1 atom stereocenters. The smallest absolute Gasteiger partial charge is 0.124 e. The van der Waals surface area contributed by atoms with Crippen LogP contribution in [0.4, 0.5) is 4.39 Å². The van der Waals surface area contributed by atoms with Crippen LogP contribution in [0.5, 0.6) is 0 Å². The molecule has 3 heteroatoms. The molecule has 1 aliphatic rings. The largest absolute Gasteiger partial charge is 0.392 e. The summed E-state index contributed by atoms with van der Waals surface area (Å²) < 4.78 is 13.1. The van der Waals surface area contributed by atoms with Gasteiger partial charge in [-0.15, -0.1) is 0 Å². The summed E-state index contributed by atoms with van der Waals surface area (Å²) in [6.07, 6.45) is 1.37. The fourth-order valence-electron chi connectivity index (χ4n) is 1.92. The van der Waals surface area contributed by atoms with Gasteiger partial charge in [0.15, 0.2) is 0 Å². The third kappa shape index (κ3) is 1.53. The summed E-state index contributed by atoms with van der Waals surface area (Å²) in [5.74, 6) is -0.334. The van der Waals surface area contributed by atoms with Crippen LogP contribution in [0.3, 0.4) is 0 Å². The Bertz CT molecular complexity index is 338. The Balaban J connectivity index is 2.42. The zero-order chi connectivity index (χ0) is 10.3. The predicted molar refractivity (Wildman–Crippen MR) is 54.0 cm³/mol. The molecule has 0 radical (unpaired) electrons. The van der Waals surface area contributed by atoms with E-state index >= 15 is 0 Å².